The highest BCUT2D eigenvalue weighted by Crippen LogP contribution is 2.20. The maximum atomic E-state index is 12.4. The van der Waals surface area contributed by atoms with Gasteiger partial charge in [-0.05, 0) is 38.2 Å². The molecule has 6 heteroatoms. The van der Waals surface area contributed by atoms with Gasteiger partial charge in [-0.15, -0.1) is 0 Å². The van der Waals surface area contributed by atoms with Crippen LogP contribution < -0.4 is 10.2 Å². The Morgan fingerprint density at radius 1 is 1.20 bits per heavy atom. The van der Waals surface area contributed by atoms with E-state index in [1.54, 1.807) is 17.3 Å². The van der Waals surface area contributed by atoms with Gasteiger partial charge >= 0.3 is 0 Å². The van der Waals surface area contributed by atoms with E-state index < -0.39 is 0 Å². The van der Waals surface area contributed by atoms with Crippen LogP contribution in [0.1, 0.15) is 42.5 Å². The molecule has 2 heterocycles. The number of hydrogen-bond donors (Lipinski definition) is 1. The summed E-state index contributed by atoms with van der Waals surface area (Å²) in [6, 6.07) is 1.89. The molecular formula is C19H26N4O2. The number of hydrogen-bond acceptors (Lipinski definition) is 4. The average Bonchev–Trinajstić information content (AvgIpc) is 2.69. The maximum Gasteiger partial charge on any atom is 0.252 e. The third-order valence-electron chi connectivity index (χ3n) is 4.93. The highest BCUT2D eigenvalue weighted by atomic mass is 16.1. The van der Waals surface area contributed by atoms with Gasteiger partial charge in [-0.3, -0.25) is 14.6 Å². The van der Waals surface area contributed by atoms with Crippen LogP contribution in [0.4, 0.5) is 5.69 Å². The molecule has 1 aliphatic heterocycles. The van der Waals surface area contributed by atoms with E-state index in [0.29, 0.717) is 25.2 Å². The lowest BCUT2D eigenvalue weighted by molar-refractivity contribution is -0.118. The van der Waals surface area contributed by atoms with Crippen LogP contribution in [0.3, 0.4) is 0 Å². The molecule has 1 aromatic rings. The van der Waals surface area contributed by atoms with Gasteiger partial charge in [-0.2, -0.15) is 0 Å². The van der Waals surface area contributed by atoms with Crippen LogP contribution >= 0.6 is 0 Å². The molecule has 134 valence electrons. The molecule has 1 N–H and O–H groups in total. The topological polar surface area (TPSA) is 65.5 Å². The predicted molar refractivity (Wildman–Crippen MR) is 97.6 cm³/mol. The zero-order valence-electron chi connectivity index (χ0n) is 14.6. The lowest BCUT2D eigenvalue weighted by Crippen LogP contribution is -2.45. The van der Waals surface area contributed by atoms with Crippen LogP contribution in [0, 0.1) is 0 Å². The van der Waals surface area contributed by atoms with Gasteiger partial charge in [0, 0.05) is 38.9 Å². The first-order valence-electron chi connectivity index (χ1n) is 9.12. The minimum Gasteiger partial charge on any atom is -0.367 e. The number of nitrogens with one attached hydrogen (secondary N) is 1. The summed E-state index contributed by atoms with van der Waals surface area (Å²) in [7, 11) is 0. The van der Waals surface area contributed by atoms with E-state index in [4.69, 9.17) is 0 Å². The Morgan fingerprint density at radius 3 is 2.76 bits per heavy atom. The van der Waals surface area contributed by atoms with Crippen molar-refractivity contribution in [3.05, 3.63) is 35.7 Å². The van der Waals surface area contributed by atoms with Gasteiger partial charge in [0.15, 0.2) is 0 Å². The summed E-state index contributed by atoms with van der Waals surface area (Å²) in [5.74, 6) is -0.0720. The second-order valence-corrected chi connectivity index (χ2v) is 6.67. The Morgan fingerprint density at radius 2 is 2.04 bits per heavy atom. The molecule has 0 atom stereocenters. The third kappa shape index (κ3) is 4.81. The minimum absolute atomic E-state index is 0.0720. The number of carbonyl (C=O) groups excluding carboxylic acids is 2. The molecule has 0 aromatic carbocycles. The van der Waals surface area contributed by atoms with Crippen LogP contribution in [-0.2, 0) is 4.79 Å². The Balaban J connectivity index is 1.52. The number of anilines is 1. The number of nitrogens with zero attached hydrogens (tertiary/aromatic N) is 3. The summed E-state index contributed by atoms with van der Waals surface area (Å²) in [5.41, 5.74) is 2.99. The lowest BCUT2D eigenvalue weighted by Gasteiger charge is -2.34. The zero-order chi connectivity index (χ0) is 17.5. The fourth-order valence-corrected chi connectivity index (χ4v) is 3.38. The average molecular weight is 342 g/mol. The quantitative estimate of drug-likeness (QED) is 0.634. The number of carbonyl (C=O) groups is 2. The summed E-state index contributed by atoms with van der Waals surface area (Å²) in [6.45, 7) is 3.61. The second-order valence-electron chi connectivity index (χ2n) is 6.67. The van der Waals surface area contributed by atoms with Crippen LogP contribution in [0.2, 0.25) is 0 Å². The summed E-state index contributed by atoms with van der Waals surface area (Å²) in [4.78, 5) is 31.3. The van der Waals surface area contributed by atoms with Gasteiger partial charge in [0.25, 0.3) is 5.91 Å². The summed E-state index contributed by atoms with van der Waals surface area (Å²) in [5, 5.41) is 3.00. The molecule has 0 spiro atoms. The number of aromatic nitrogens is 1. The molecule has 1 saturated heterocycles. The Bertz CT molecular complexity index is 636. The Hall–Kier alpha value is -2.37. The summed E-state index contributed by atoms with van der Waals surface area (Å²) in [6.07, 6.45) is 12.4. The molecule has 1 aliphatic carbocycles. The zero-order valence-corrected chi connectivity index (χ0v) is 14.6. The van der Waals surface area contributed by atoms with Crippen LogP contribution in [0.25, 0.3) is 0 Å². The van der Waals surface area contributed by atoms with Gasteiger partial charge in [0.1, 0.15) is 0 Å². The molecule has 2 amide bonds. The van der Waals surface area contributed by atoms with E-state index in [1.165, 1.54) is 31.3 Å². The fraction of sp³-hybridized carbons (Fsp3) is 0.526. The molecule has 1 aromatic heterocycles. The van der Waals surface area contributed by atoms with E-state index in [9.17, 15) is 9.59 Å². The third-order valence-corrected chi connectivity index (χ3v) is 4.93. The predicted octanol–water partition coefficient (Wildman–Crippen LogP) is 1.98. The van der Waals surface area contributed by atoms with Crippen LogP contribution in [-0.4, -0.2) is 54.9 Å². The van der Waals surface area contributed by atoms with Crippen molar-refractivity contribution in [1.82, 2.24) is 15.2 Å². The molecule has 1 fully saturated rings. The Kier molecular flexibility index (Phi) is 6.04. The molecular weight excluding hydrogens is 316 g/mol. The van der Waals surface area contributed by atoms with Crippen molar-refractivity contribution in [1.29, 1.82) is 0 Å². The molecule has 0 radical (unpaired) electrons. The lowest BCUT2D eigenvalue weighted by atomic mass is 9.97. The van der Waals surface area contributed by atoms with Gasteiger partial charge in [-0.25, -0.2) is 0 Å². The van der Waals surface area contributed by atoms with Crippen molar-refractivity contribution in [2.24, 2.45) is 0 Å². The van der Waals surface area contributed by atoms with Gasteiger partial charge in [-0.1, -0.05) is 11.6 Å². The van der Waals surface area contributed by atoms with E-state index in [0.717, 1.165) is 31.6 Å². The van der Waals surface area contributed by atoms with Crippen molar-refractivity contribution in [3.8, 4) is 0 Å². The molecule has 0 saturated carbocycles. The maximum absolute atomic E-state index is 12.4. The molecule has 6 nitrogen and oxygen atoms in total. The van der Waals surface area contributed by atoms with Crippen molar-refractivity contribution in [3.63, 3.8) is 0 Å². The van der Waals surface area contributed by atoms with Crippen LogP contribution in [0.5, 0.6) is 0 Å². The Labute approximate surface area is 148 Å². The first kappa shape index (κ1) is 17.5. The van der Waals surface area contributed by atoms with Crippen molar-refractivity contribution >= 4 is 18.0 Å². The highest BCUT2D eigenvalue weighted by molar-refractivity contribution is 5.94. The number of piperazine rings is 1. The minimum atomic E-state index is -0.0720. The van der Waals surface area contributed by atoms with E-state index in [-0.39, 0.29) is 5.91 Å². The fourth-order valence-electron chi connectivity index (χ4n) is 3.38. The molecule has 0 bridgehead atoms. The van der Waals surface area contributed by atoms with Gasteiger partial charge in [0.2, 0.25) is 6.41 Å². The van der Waals surface area contributed by atoms with Crippen LogP contribution in [0.15, 0.2) is 30.1 Å². The largest absolute Gasteiger partial charge is 0.367 e. The summed E-state index contributed by atoms with van der Waals surface area (Å²) < 4.78 is 0. The van der Waals surface area contributed by atoms with E-state index in [1.807, 2.05) is 6.07 Å². The van der Waals surface area contributed by atoms with Crippen molar-refractivity contribution in [2.45, 2.75) is 32.1 Å². The van der Waals surface area contributed by atoms with Crippen molar-refractivity contribution < 1.29 is 9.59 Å². The highest BCUT2D eigenvalue weighted by Gasteiger charge is 2.17. The first-order chi connectivity index (χ1) is 12.3. The number of amides is 2. The second kappa shape index (κ2) is 8.65. The molecule has 25 heavy (non-hydrogen) atoms. The van der Waals surface area contributed by atoms with E-state index >= 15 is 0 Å². The van der Waals surface area contributed by atoms with Gasteiger partial charge in [0.05, 0.1) is 17.4 Å². The van der Waals surface area contributed by atoms with Gasteiger partial charge < -0.3 is 15.1 Å². The SMILES string of the molecule is O=CN1CCN(c2cncc(C(=O)NCCC3=CCCCC3)c2)CC1. The molecule has 2 aliphatic rings. The molecule has 3 rings (SSSR count). The summed E-state index contributed by atoms with van der Waals surface area (Å²) >= 11 is 0. The normalized spacial score (nSPS) is 17.8. The number of allylic oxidation sites excluding steroid dienone is 1. The standard InChI is InChI=1S/C19H26N4O2/c24-15-22-8-10-23(11-9-22)18-12-17(13-20-14-18)19(25)21-7-6-16-4-2-1-3-5-16/h4,12-15H,1-3,5-11H2,(H,21,25). The van der Waals surface area contributed by atoms with Crippen molar-refractivity contribution in [2.75, 3.05) is 37.6 Å². The van der Waals surface area contributed by atoms with E-state index in [2.05, 4.69) is 21.3 Å². The number of rotatable bonds is 6. The monoisotopic (exact) mass is 342 g/mol. The molecule has 0 unspecified atom stereocenters. The smallest absolute Gasteiger partial charge is 0.252 e. The number of pyridine rings is 1. The first-order valence-corrected chi connectivity index (χ1v) is 9.12.